The highest BCUT2D eigenvalue weighted by atomic mass is 16.2. The highest BCUT2D eigenvalue weighted by Crippen LogP contribution is 2.28. The first kappa shape index (κ1) is 19.8. The van der Waals surface area contributed by atoms with Crippen LogP contribution in [0, 0.1) is 12.8 Å². The Morgan fingerprint density at radius 3 is 2.47 bits per heavy atom. The summed E-state index contributed by atoms with van der Waals surface area (Å²) in [5, 5.41) is 6.60. The number of benzene rings is 2. The van der Waals surface area contributed by atoms with Crippen LogP contribution in [-0.4, -0.2) is 28.2 Å². The Morgan fingerprint density at radius 1 is 1.10 bits per heavy atom. The van der Waals surface area contributed by atoms with Gasteiger partial charge in [0, 0.05) is 11.1 Å². The summed E-state index contributed by atoms with van der Waals surface area (Å²) in [6.07, 6.45) is 0. The largest absolute Gasteiger partial charge is 0.322 e. The standard InChI is InChI=1S/C24H24N4O2/c1-14(2)24(4)23(30)27-21(28-24)20-18(13-16-7-5-6-8-19(16)26-20)22(29)25-17-11-9-15(3)10-12-17/h5-14H,1-4H3,(H,25,29)(H,27,28,30). The maximum Gasteiger partial charge on any atom is 0.258 e. The van der Waals surface area contributed by atoms with Crippen molar-refractivity contribution in [1.82, 2.24) is 10.3 Å². The third-order valence-corrected chi connectivity index (χ3v) is 5.66. The number of nitrogens with zero attached hydrogens (tertiary/aromatic N) is 2. The van der Waals surface area contributed by atoms with Gasteiger partial charge in [-0.3, -0.25) is 9.59 Å². The molecule has 3 aromatic rings. The van der Waals surface area contributed by atoms with Crippen molar-refractivity contribution < 1.29 is 9.59 Å². The molecule has 2 aromatic carbocycles. The van der Waals surface area contributed by atoms with Gasteiger partial charge in [0.15, 0.2) is 5.84 Å². The van der Waals surface area contributed by atoms with E-state index in [4.69, 9.17) is 0 Å². The second-order valence-corrected chi connectivity index (χ2v) is 8.11. The molecule has 0 fully saturated rings. The molecule has 2 N–H and O–H groups in total. The molecule has 6 nitrogen and oxygen atoms in total. The van der Waals surface area contributed by atoms with E-state index in [0.29, 0.717) is 22.8 Å². The normalized spacial score (nSPS) is 18.4. The third kappa shape index (κ3) is 3.45. The molecule has 0 aliphatic carbocycles. The SMILES string of the molecule is Cc1ccc(NC(=O)c2cc3ccccc3nc2C2=NC(C)(C(C)C)C(=O)N2)cc1. The molecule has 152 valence electrons. The van der Waals surface area contributed by atoms with Gasteiger partial charge in [-0.2, -0.15) is 0 Å². The van der Waals surface area contributed by atoms with Crippen LogP contribution >= 0.6 is 0 Å². The number of carbonyl (C=O) groups is 2. The van der Waals surface area contributed by atoms with Crippen LogP contribution in [0.15, 0.2) is 59.6 Å². The van der Waals surface area contributed by atoms with Crippen LogP contribution in [-0.2, 0) is 4.79 Å². The maximum absolute atomic E-state index is 13.2. The van der Waals surface area contributed by atoms with E-state index in [1.54, 1.807) is 13.0 Å². The highest BCUT2D eigenvalue weighted by molar-refractivity contribution is 6.20. The van der Waals surface area contributed by atoms with Gasteiger partial charge in [-0.15, -0.1) is 0 Å². The summed E-state index contributed by atoms with van der Waals surface area (Å²) in [6.45, 7) is 7.69. The van der Waals surface area contributed by atoms with Crippen LogP contribution in [0.4, 0.5) is 5.69 Å². The summed E-state index contributed by atoms with van der Waals surface area (Å²) < 4.78 is 0. The molecule has 0 saturated heterocycles. The fourth-order valence-electron chi connectivity index (χ4n) is 3.35. The molecule has 0 saturated carbocycles. The summed E-state index contributed by atoms with van der Waals surface area (Å²) >= 11 is 0. The number of rotatable bonds is 4. The number of aliphatic imine (C=N–C) groups is 1. The molecule has 0 radical (unpaired) electrons. The Kier molecular flexibility index (Phi) is 4.86. The smallest absolute Gasteiger partial charge is 0.258 e. The van der Waals surface area contributed by atoms with E-state index in [9.17, 15) is 9.59 Å². The van der Waals surface area contributed by atoms with Crippen LogP contribution in [0.3, 0.4) is 0 Å². The Hall–Kier alpha value is -3.54. The molecule has 1 aromatic heterocycles. The fourth-order valence-corrected chi connectivity index (χ4v) is 3.35. The lowest BCUT2D eigenvalue weighted by molar-refractivity contribution is -0.124. The van der Waals surface area contributed by atoms with Gasteiger partial charge in [0.25, 0.3) is 11.8 Å². The number of hydrogen-bond acceptors (Lipinski definition) is 4. The third-order valence-electron chi connectivity index (χ3n) is 5.66. The Labute approximate surface area is 175 Å². The first-order valence-electron chi connectivity index (χ1n) is 9.97. The van der Waals surface area contributed by atoms with Gasteiger partial charge < -0.3 is 10.6 Å². The van der Waals surface area contributed by atoms with Gasteiger partial charge in [0.1, 0.15) is 11.2 Å². The van der Waals surface area contributed by atoms with Crippen molar-refractivity contribution in [2.75, 3.05) is 5.32 Å². The van der Waals surface area contributed by atoms with E-state index in [1.807, 2.05) is 69.3 Å². The van der Waals surface area contributed by atoms with E-state index < -0.39 is 5.54 Å². The van der Waals surface area contributed by atoms with Crippen LogP contribution in [0.1, 0.15) is 42.4 Å². The summed E-state index contributed by atoms with van der Waals surface area (Å²) in [5.41, 5.74) is 2.37. The number of amidine groups is 1. The first-order valence-corrected chi connectivity index (χ1v) is 9.97. The molecule has 2 amide bonds. The van der Waals surface area contributed by atoms with Crippen LogP contribution in [0.5, 0.6) is 0 Å². The van der Waals surface area contributed by atoms with Crippen molar-refractivity contribution in [3.63, 3.8) is 0 Å². The van der Waals surface area contributed by atoms with Gasteiger partial charge in [0.05, 0.1) is 11.1 Å². The van der Waals surface area contributed by atoms with Crippen molar-refractivity contribution in [2.24, 2.45) is 10.9 Å². The van der Waals surface area contributed by atoms with E-state index in [0.717, 1.165) is 16.5 Å². The summed E-state index contributed by atoms with van der Waals surface area (Å²) in [7, 11) is 0. The number of para-hydroxylation sites is 1. The molecule has 1 atom stereocenters. The minimum absolute atomic E-state index is 0.000270. The van der Waals surface area contributed by atoms with Crippen molar-refractivity contribution >= 4 is 34.2 Å². The zero-order valence-electron chi connectivity index (χ0n) is 17.5. The van der Waals surface area contributed by atoms with Gasteiger partial charge >= 0.3 is 0 Å². The monoisotopic (exact) mass is 400 g/mol. The number of aryl methyl sites for hydroxylation is 1. The Balaban J connectivity index is 1.81. The van der Waals surface area contributed by atoms with Crippen LogP contribution < -0.4 is 10.6 Å². The van der Waals surface area contributed by atoms with Crippen molar-refractivity contribution in [2.45, 2.75) is 33.2 Å². The molecule has 6 heteroatoms. The molecule has 0 spiro atoms. The number of pyridine rings is 1. The number of anilines is 1. The van der Waals surface area contributed by atoms with E-state index in [2.05, 4.69) is 20.6 Å². The fraction of sp³-hybridized carbons (Fsp3) is 0.250. The van der Waals surface area contributed by atoms with Crippen molar-refractivity contribution in [1.29, 1.82) is 0 Å². The molecule has 1 aliphatic heterocycles. The van der Waals surface area contributed by atoms with Crippen molar-refractivity contribution in [3.05, 3.63) is 71.4 Å². The zero-order valence-corrected chi connectivity index (χ0v) is 17.5. The molecular formula is C24H24N4O2. The predicted octanol–water partition coefficient (Wildman–Crippen LogP) is 4.09. The number of amides is 2. The van der Waals surface area contributed by atoms with Gasteiger partial charge in [-0.1, -0.05) is 49.7 Å². The maximum atomic E-state index is 13.2. The molecule has 0 bridgehead atoms. The van der Waals surface area contributed by atoms with Gasteiger partial charge in [0.2, 0.25) is 0 Å². The van der Waals surface area contributed by atoms with E-state index in [1.165, 1.54) is 0 Å². The van der Waals surface area contributed by atoms with Crippen LogP contribution in [0.2, 0.25) is 0 Å². The lowest BCUT2D eigenvalue weighted by Gasteiger charge is -2.21. The lowest BCUT2D eigenvalue weighted by Crippen LogP contribution is -2.41. The summed E-state index contributed by atoms with van der Waals surface area (Å²) in [5.74, 6) is -0.161. The van der Waals surface area contributed by atoms with Gasteiger partial charge in [-0.25, -0.2) is 9.98 Å². The van der Waals surface area contributed by atoms with Crippen LogP contribution in [0.25, 0.3) is 10.9 Å². The van der Waals surface area contributed by atoms with Crippen molar-refractivity contribution in [3.8, 4) is 0 Å². The Morgan fingerprint density at radius 2 is 1.80 bits per heavy atom. The second kappa shape index (κ2) is 7.37. The number of carbonyl (C=O) groups excluding carboxylic acids is 2. The number of fused-ring (bicyclic) bond motifs is 1. The molecule has 2 heterocycles. The number of nitrogens with one attached hydrogen (secondary N) is 2. The second-order valence-electron chi connectivity index (χ2n) is 8.11. The first-order chi connectivity index (χ1) is 14.3. The molecular weight excluding hydrogens is 376 g/mol. The molecule has 30 heavy (non-hydrogen) atoms. The minimum Gasteiger partial charge on any atom is -0.322 e. The quantitative estimate of drug-likeness (QED) is 0.692. The van der Waals surface area contributed by atoms with Gasteiger partial charge in [-0.05, 0) is 44.0 Å². The average Bonchev–Trinajstić information content (AvgIpc) is 3.04. The predicted molar refractivity (Wildman–Crippen MR) is 119 cm³/mol. The lowest BCUT2D eigenvalue weighted by atomic mass is 9.89. The Bertz CT molecular complexity index is 1180. The zero-order chi connectivity index (χ0) is 21.5. The molecule has 4 rings (SSSR count). The number of hydrogen-bond donors (Lipinski definition) is 2. The van der Waals surface area contributed by atoms with E-state index >= 15 is 0 Å². The summed E-state index contributed by atoms with van der Waals surface area (Å²) in [4.78, 5) is 35.2. The molecule has 1 unspecified atom stereocenters. The average molecular weight is 400 g/mol. The number of aromatic nitrogens is 1. The minimum atomic E-state index is -0.895. The van der Waals surface area contributed by atoms with E-state index in [-0.39, 0.29) is 17.7 Å². The highest BCUT2D eigenvalue weighted by Gasteiger charge is 2.43. The topological polar surface area (TPSA) is 83.5 Å². The molecule has 1 aliphatic rings. The summed E-state index contributed by atoms with van der Waals surface area (Å²) in [6, 6.07) is 16.9.